The number of nitrogens with one attached hydrogen (secondary N) is 1. The molecule has 6 heteroatoms. The van der Waals surface area contributed by atoms with Gasteiger partial charge in [-0.3, -0.25) is 14.5 Å². The lowest BCUT2D eigenvalue weighted by atomic mass is 9.80. The Kier molecular flexibility index (Phi) is 5.25. The van der Waals surface area contributed by atoms with Crippen molar-refractivity contribution in [3.05, 3.63) is 77.4 Å². The highest BCUT2D eigenvalue weighted by molar-refractivity contribution is 6.10. The summed E-state index contributed by atoms with van der Waals surface area (Å²) in [5, 5.41) is 16.7. The molecular formula is C30H33N3O3. The van der Waals surface area contributed by atoms with Gasteiger partial charge in [-0.1, -0.05) is 54.6 Å². The zero-order chi connectivity index (χ0) is 25.2. The molecule has 0 spiro atoms. The molecule has 6 rings (SSSR count). The molecule has 1 saturated heterocycles. The standard InChI is InChI=1S/C30H33N3O3/c1-29(18-25(34)31-3)22-11-4-5-13-24(22)33(28(29)35)20-14-16-32(17-15-20)27-21-10-6-8-19-9-7-12-23(26(19)21)30(27,2)36/h4-13,20,27,36H,14-18H2,1-3H3,(H,31,34)/t27?,29?,30-/m0/s1. The molecule has 36 heavy (non-hydrogen) atoms. The summed E-state index contributed by atoms with van der Waals surface area (Å²) >= 11 is 0. The van der Waals surface area contributed by atoms with E-state index in [4.69, 9.17) is 0 Å². The van der Waals surface area contributed by atoms with Crippen LogP contribution in [0.4, 0.5) is 5.69 Å². The van der Waals surface area contributed by atoms with Gasteiger partial charge in [-0.15, -0.1) is 0 Å². The number of hydrogen-bond donors (Lipinski definition) is 2. The van der Waals surface area contributed by atoms with Gasteiger partial charge in [-0.2, -0.15) is 0 Å². The van der Waals surface area contributed by atoms with E-state index in [1.54, 1.807) is 7.05 Å². The summed E-state index contributed by atoms with van der Waals surface area (Å²) in [5.41, 5.74) is 2.21. The van der Waals surface area contributed by atoms with E-state index in [-0.39, 0.29) is 30.3 Å². The normalized spacial score (nSPS) is 28.1. The van der Waals surface area contributed by atoms with Crippen molar-refractivity contribution < 1.29 is 14.7 Å². The summed E-state index contributed by atoms with van der Waals surface area (Å²) < 4.78 is 0. The van der Waals surface area contributed by atoms with Crippen LogP contribution in [0.5, 0.6) is 0 Å². The number of benzene rings is 3. The second-order valence-electron chi connectivity index (χ2n) is 10.9. The molecule has 3 aromatic rings. The molecule has 0 aromatic heterocycles. The molecule has 6 nitrogen and oxygen atoms in total. The summed E-state index contributed by atoms with van der Waals surface area (Å²) in [6, 6.07) is 20.4. The maximum atomic E-state index is 13.8. The van der Waals surface area contributed by atoms with Crippen LogP contribution in [0.15, 0.2) is 60.7 Å². The Balaban J connectivity index is 1.27. The predicted octanol–water partition coefficient (Wildman–Crippen LogP) is 4.01. The average Bonchev–Trinajstić information content (AvgIpc) is 3.25. The number of anilines is 1. The van der Waals surface area contributed by atoms with Crippen molar-refractivity contribution in [1.29, 1.82) is 0 Å². The largest absolute Gasteiger partial charge is 0.383 e. The van der Waals surface area contributed by atoms with Crippen LogP contribution < -0.4 is 10.2 Å². The molecule has 2 heterocycles. The smallest absolute Gasteiger partial charge is 0.238 e. The quantitative estimate of drug-likeness (QED) is 0.588. The highest BCUT2D eigenvalue weighted by Crippen LogP contribution is 2.52. The van der Waals surface area contributed by atoms with Crippen molar-refractivity contribution in [2.24, 2.45) is 0 Å². The van der Waals surface area contributed by atoms with Crippen LogP contribution in [0.2, 0.25) is 0 Å². The number of piperidine rings is 1. The molecular weight excluding hydrogens is 450 g/mol. The predicted molar refractivity (Wildman–Crippen MR) is 141 cm³/mol. The van der Waals surface area contributed by atoms with E-state index < -0.39 is 11.0 Å². The fraction of sp³-hybridized carbons (Fsp3) is 0.400. The van der Waals surface area contributed by atoms with Gasteiger partial charge >= 0.3 is 0 Å². The van der Waals surface area contributed by atoms with Crippen LogP contribution >= 0.6 is 0 Å². The van der Waals surface area contributed by atoms with Crippen LogP contribution in [-0.2, 0) is 20.6 Å². The number of para-hydroxylation sites is 1. The van der Waals surface area contributed by atoms with Crippen molar-refractivity contribution in [1.82, 2.24) is 10.2 Å². The van der Waals surface area contributed by atoms with Crippen LogP contribution in [0, 0.1) is 0 Å². The minimum atomic E-state index is -0.974. The molecule has 1 fully saturated rings. The van der Waals surface area contributed by atoms with Gasteiger partial charge in [0, 0.05) is 38.3 Å². The fourth-order valence-electron chi connectivity index (χ4n) is 7.01. The molecule has 3 atom stereocenters. The Morgan fingerprint density at radius 2 is 1.67 bits per heavy atom. The first-order chi connectivity index (χ1) is 17.3. The van der Waals surface area contributed by atoms with Gasteiger partial charge < -0.3 is 15.3 Å². The van der Waals surface area contributed by atoms with Crippen LogP contribution in [0.25, 0.3) is 10.8 Å². The minimum absolute atomic E-state index is 0.00999. The average molecular weight is 484 g/mol. The number of hydrogen-bond acceptors (Lipinski definition) is 4. The lowest BCUT2D eigenvalue weighted by Gasteiger charge is -2.43. The first-order valence-corrected chi connectivity index (χ1v) is 12.9. The fourth-order valence-corrected chi connectivity index (χ4v) is 7.01. The summed E-state index contributed by atoms with van der Waals surface area (Å²) in [6.07, 6.45) is 1.77. The lowest BCUT2D eigenvalue weighted by molar-refractivity contribution is -0.129. The molecule has 2 N–H and O–H groups in total. The number of rotatable bonds is 4. The van der Waals surface area contributed by atoms with E-state index >= 15 is 0 Å². The Morgan fingerprint density at radius 1 is 1.00 bits per heavy atom. The first kappa shape index (κ1) is 23.2. The summed E-state index contributed by atoms with van der Waals surface area (Å²) in [5.74, 6) is -0.120. The number of fused-ring (bicyclic) bond motifs is 1. The van der Waals surface area contributed by atoms with Gasteiger partial charge in [0.2, 0.25) is 11.8 Å². The highest BCUT2D eigenvalue weighted by atomic mass is 16.3. The van der Waals surface area contributed by atoms with Gasteiger partial charge in [0.05, 0.1) is 11.5 Å². The van der Waals surface area contributed by atoms with E-state index in [0.29, 0.717) is 0 Å². The third-order valence-corrected chi connectivity index (χ3v) is 8.78. The first-order valence-electron chi connectivity index (χ1n) is 12.9. The van der Waals surface area contributed by atoms with Gasteiger partial charge in [0.25, 0.3) is 0 Å². The molecule has 0 radical (unpaired) electrons. The molecule has 3 aliphatic rings. The maximum absolute atomic E-state index is 13.8. The molecule has 3 aromatic carbocycles. The summed E-state index contributed by atoms with van der Waals surface area (Å²) in [7, 11) is 1.61. The second kappa shape index (κ2) is 8.15. The third-order valence-electron chi connectivity index (χ3n) is 8.78. The number of carbonyl (C=O) groups excluding carboxylic acids is 2. The highest BCUT2D eigenvalue weighted by Gasteiger charge is 2.52. The molecule has 0 saturated carbocycles. The van der Waals surface area contributed by atoms with Crippen molar-refractivity contribution in [2.45, 2.75) is 56.2 Å². The minimum Gasteiger partial charge on any atom is -0.383 e. The van der Waals surface area contributed by atoms with Gasteiger partial charge in [0.15, 0.2) is 0 Å². The van der Waals surface area contributed by atoms with Crippen molar-refractivity contribution in [3.8, 4) is 0 Å². The lowest BCUT2D eigenvalue weighted by Crippen LogP contribution is -2.51. The van der Waals surface area contributed by atoms with Crippen molar-refractivity contribution >= 4 is 28.3 Å². The molecule has 2 amide bonds. The van der Waals surface area contributed by atoms with Crippen LogP contribution in [-0.4, -0.2) is 48.0 Å². The van der Waals surface area contributed by atoms with Crippen LogP contribution in [0.1, 0.15) is 55.8 Å². The topological polar surface area (TPSA) is 72.9 Å². The van der Waals surface area contributed by atoms with E-state index in [1.165, 1.54) is 10.9 Å². The van der Waals surface area contributed by atoms with E-state index in [2.05, 4.69) is 34.5 Å². The SMILES string of the molecule is CNC(=O)CC1(C)C(=O)N(C2CCN(C3c4cccc5cccc(c45)[C@]3(C)O)CC2)c2ccccc21. The van der Waals surface area contributed by atoms with Gasteiger partial charge in [-0.25, -0.2) is 0 Å². The van der Waals surface area contributed by atoms with Crippen molar-refractivity contribution in [2.75, 3.05) is 25.0 Å². The molecule has 1 aliphatic carbocycles. The molecule has 2 aliphatic heterocycles. The maximum Gasteiger partial charge on any atom is 0.238 e. The van der Waals surface area contributed by atoms with Crippen LogP contribution in [0.3, 0.4) is 0 Å². The van der Waals surface area contributed by atoms with E-state index in [9.17, 15) is 14.7 Å². The number of aliphatic hydroxyl groups is 1. The number of carbonyl (C=O) groups is 2. The Bertz CT molecular complexity index is 1370. The Morgan fingerprint density at radius 3 is 2.39 bits per heavy atom. The van der Waals surface area contributed by atoms with Gasteiger partial charge in [0.1, 0.15) is 5.60 Å². The zero-order valence-electron chi connectivity index (χ0n) is 21.1. The van der Waals surface area contributed by atoms with Gasteiger partial charge in [-0.05, 0) is 60.2 Å². The monoisotopic (exact) mass is 483 g/mol. The van der Waals surface area contributed by atoms with E-state index in [0.717, 1.165) is 48.1 Å². The Labute approximate surface area is 211 Å². The number of likely N-dealkylation sites (tertiary alicyclic amines) is 1. The summed E-state index contributed by atoms with van der Waals surface area (Å²) in [6.45, 7) is 5.40. The molecule has 0 bridgehead atoms. The van der Waals surface area contributed by atoms with E-state index in [1.807, 2.05) is 55.1 Å². The second-order valence-corrected chi connectivity index (χ2v) is 10.9. The third kappa shape index (κ3) is 3.17. The number of nitrogens with zero attached hydrogens (tertiary/aromatic N) is 2. The number of amides is 2. The van der Waals surface area contributed by atoms with Crippen molar-refractivity contribution in [3.63, 3.8) is 0 Å². The Hall–Kier alpha value is -3.22. The zero-order valence-corrected chi connectivity index (χ0v) is 21.1. The molecule has 2 unspecified atom stereocenters. The summed E-state index contributed by atoms with van der Waals surface area (Å²) in [4.78, 5) is 30.5. The molecule has 186 valence electrons.